The lowest BCUT2D eigenvalue weighted by Crippen LogP contribution is -2.31. The fraction of sp³-hybridized carbons (Fsp3) is 0.474. The molecule has 0 aliphatic carbocycles. The highest BCUT2D eigenvalue weighted by atomic mass is 16.6. The number of aromatic nitrogens is 2. The molecule has 0 aliphatic heterocycles. The molecular weight excluding hydrogens is 348 g/mol. The van der Waals surface area contributed by atoms with E-state index in [9.17, 15) is 14.9 Å². The van der Waals surface area contributed by atoms with Crippen LogP contribution in [0.2, 0.25) is 0 Å². The van der Waals surface area contributed by atoms with E-state index in [0.29, 0.717) is 5.92 Å². The lowest BCUT2D eigenvalue weighted by molar-refractivity contribution is -0.385. The van der Waals surface area contributed by atoms with Crippen LogP contribution in [0.15, 0.2) is 30.5 Å². The maximum absolute atomic E-state index is 12.4. The van der Waals surface area contributed by atoms with Crippen LogP contribution in [0, 0.1) is 10.1 Å². The van der Waals surface area contributed by atoms with Gasteiger partial charge in [0.25, 0.3) is 0 Å². The van der Waals surface area contributed by atoms with Crippen LogP contribution < -0.4 is 10.1 Å². The summed E-state index contributed by atoms with van der Waals surface area (Å²) in [6.45, 7) is 6.22. The number of rotatable bonds is 9. The second-order valence-electron chi connectivity index (χ2n) is 6.48. The third-order valence-corrected chi connectivity index (χ3v) is 4.67. The number of carbonyl (C=O) groups excluding carboxylic acids is 1. The number of nitrogens with zero attached hydrogens (tertiary/aromatic N) is 3. The first-order chi connectivity index (χ1) is 12.9. The van der Waals surface area contributed by atoms with E-state index in [0.717, 1.165) is 18.4 Å². The van der Waals surface area contributed by atoms with E-state index in [4.69, 9.17) is 4.74 Å². The van der Waals surface area contributed by atoms with Crippen molar-refractivity contribution in [2.75, 3.05) is 7.11 Å². The molecule has 8 nitrogen and oxygen atoms in total. The molecule has 146 valence electrons. The van der Waals surface area contributed by atoms with Crippen molar-refractivity contribution in [1.82, 2.24) is 15.1 Å². The summed E-state index contributed by atoms with van der Waals surface area (Å²) < 4.78 is 6.09. The maximum atomic E-state index is 12.4. The monoisotopic (exact) mass is 374 g/mol. The van der Waals surface area contributed by atoms with E-state index in [2.05, 4.69) is 36.4 Å². The van der Waals surface area contributed by atoms with E-state index < -0.39 is 4.92 Å². The predicted molar refractivity (Wildman–Crippen MR) is 102 cm³/mol. The molecule has 0 spiro atoms. The minimum absolute atomic E-state index is 0.111. The van der Waals surface area contributed by atoms with Crippen molar-refractivity contribution in [3.63, 3.8) is 0 Å². The number of methoxy groups -OCH3 is 1. The Morgan fingerprint density at radius 2 is 1.89 bits per heavy atom. The Bertz CT molecular complexity index is 786. The highest BCUT2D eigenvalue weighted by Gasteiger charge is 2.22. The van der Waals surface area contributed by atoms with Crippen molar-refractivity contribution >= 4 is 11.6 Å². The fourth-order valence-corrected chi connectivity index (χ4v) is 2.85. The minimum Gasteiger partial charge on any atom is -0.475 e. The Morgan fingerprint density at radius 1 is 1.26 bits per heavy atom. The van der Waals surface area contributed by atoms with Crippen LogP contribution in [-0.2, 0) is 11.3 Å². The largest absolute Gasteiger partial charge is 0.475 e. The summed E-state index contributed by atoms with van der Waals surface area (Å²) >= 11 is 0. The van der Waals surface area contributed by atoms with E-state index in [-0.39, 0.29) is 30.1 Å². The summed E-state index contributed by atoms with van der Waals surface area (Å²) in [5.41, 5.74) is 2.04. The molecule has 2 aromatic rings. The average Bonchev–Trinajstić information content (AvgIpc) is 3.08. The number of nitro groups is 1. The summed E-state index contributed by atoms with van der Waals surface area (Å²) in [5.74, 6) is 0.118. The number of amides is 1. The van der Waals surface area contributed by atoms with Gasteiger partial charge in [0, 0.05) is 0 Å². The van der Waals surface area contributed by atoms with Crippen molar-refractivity contribution in [2.24, 2.45) is 0 Å². The summed E-state index contributed by atoms with van der Waals surface area (Å²) in [6.07, 6.45) is 3.00. The van der Waals surface area contributed by atoms with Gasteiger partial charge >= 0.3 is 11.6 Å². The van der Waals surface area contributed by atoms with Crippen molar-refractivity contribution in [1.29, 1.82) is 0 Å². The van der Waals surface area contributed by atoms with Crippen LogP contribution in [-0.4, -0.2) is 27.7 Å². The number of nitrogens with one attached hydrogen (secondary N) is 1. The standard InChI is InChI=1S/C19H26N4O4/c1-5-13(3)14-7-9-15(10-8-14)16(6-2)20-18(24)12-22-11-17(23(25)26)19(21-22)27-4/h7-11,13,16H,5-6,12H2,1-4H3,(H,20,24). The summed E-state index contributed by atoms with van der Waals surface area (Å²) in [5, 5.41) is 17.8. The van der Waals surface area contributed by atoms with E-state index in [1.165, 1.54) is 23.6 Å². The number of hydrogen-bond acceptors (Lipinski definition) is 5. The third kappa shape index (κ3) is 5.06. The van der Waals surface area contributed by atoms with E-state index >= 15 is 0 Å². The molecule has 0 fully saturated rings. The molecule has 1 amide bonds. The zero-order valence-corrected chi connectivity index (χ0v) is 16.1. The Labute approximate surface area is 158 Å². The number of hydrogen-bond donors (Lipinski definition) is 1. The molecule has 27 heavy (non-hydrogen) atoms. The van der Waals surface area contributed by atoms with Gasteiger partial charge in [-0.2, -0.15) is 0 Å². The molecule has 1 heterocycles. The normalized spacial score (nSPS) is 13.0. The van der Waals surface area contributed by atoms with Crippen molar-refractivity contribution < 1.29 is 14.5 Å². The zero-order valence-electron chi connectivity index (χ0n) is 16.1. The van der Waals surface area contributed by atoms with Gasteiger partial charge in [0.05, 0.1) is 18.1 Å². The quantitative estimate of drug-likeness (QED) is 0.534. The molecule has 1 aromatic carbocycles. The van der Waals surface area contributed by atoms with Crippen molar-refractivity contribution in [3.05, 3.63) is 51.7 Å². The van der Waals surface area contributed by atoms with Crippen molar-refractivity contribution in [3.8, 4) is 5.88 Å². The lowest BCUT2D eigenvalue weighted by Gasteiger charge is -2.18. The van der Waals surface area contributed by atoms with Crippen LogP contribution >= 0.6 is 0 Å². The van der Waals surface area contributed by atoms with Crippen molar-refractivity contribution in [2.45, 2.75) is 52.1 Å². The van der Waals surface area contributed by atoms with Gasteiger partial charge in [-0.15, -0.1) is 5.10 Å². The van der Waals surface area contributed by atoms with E-state index in [1.54, 1.807) is 0 Å². The molecule has 0 radical (unpaired) electrons. The van der Waals surface area contributed by atoms with Gasteiger partial charge in [-0.1, -0.05) is 45.0 Å². The topological polar surface area (TPSA) is 99.3 Å². The lowest BCUT2D eigenvalue weighted by atomic mass is 9.95. The van der Waals surface area contributed by atoms with Gasteiger partial charge in [0.2, 0.25) is 5.91 Å². The van der Waals surface area contributed by atoms with Crippen LogP contribution in [0.4, 0.5) is 5.69 Å². The molecule has 0 bridgehead atoms. The molecular formula is C19H26N4O4. The molecule has 0 saturated carbocycles. The molecule has 2 atom stereocenters. The van der Waals surface area contributed by atoms with Gasteiger partial charge in [-0.25, -0.2) is 0 Å². The Morgan fingerprint density at radius 3 is 2.37 bits per heavy atom. The second kappa shape index (κ2) is 9.16. The molecule has 1 N–H and O–H groups in total. The van der Waals surface area contributed by atoms with Gasteiger partial charge in [-0.05, 0) is 29.9 Å². The first-order valence-electron chi connectivity index (χ1n) is 9.04. The SMILES string of the molecule is CCC(C)c1ccc(C(CC)NC(=O)Cn2cc([N+](=O)[O-])c(OC)n2)cc1. The average molecular weight is 374 g/mol. The molecule has 2 unspecified atom stereocenters. The highest BCUT2D eigenvalue weighted by molar-refractivity contribution is 5.76. The first kappa shape index (κ1) is 20.4. The molecule has 0 aliphatic rings. The Hall–Kier alpha value is -2.90. The maximum Gasteiger partial charge on any atom is 0.350 e. The van der Waals surface area contributed by atoms with Crippen LogP contribution in [0.5, 0.6) is 5.88 Å². The van der Waals surface area contributed by atoms with E-state index in [1.807, 2.05) is 19.1 Å². The van der Waals surface area contributed by atoms with Crippen LogP contribution in [0.3, 0.4) is 0 Å². The molecule has 0 saturated heterocycles. The predicted octanol–water partition coefficient (Wildman–Crippen LogP) is 3.58. The van der Waals surface area contributed by atoms with Gasteiger partial charge < -0.3 is 10.1 Å². The van der Waals surface area contributed by atoms with Crippen LogP contribution in [0.1, 0.15) is 56.7 Å². The highest BCUT2D eigenvalue weighted by Crippen LogP contribution is 2.25. The number of benzene rings is 1. The first-order valence-corrected chi connectivity index (χ1v) is 9.04. The summed E-state index contributed by atoms with van der Waals surface area (Å²) in [4.78, 5) is 22.7. The smallest absolute Gasteiger partial charge is 0.350 e. The van der Waals surface area contributed by atoms with Gasteiger partial charge in [0.15, 0.2) is 0 Å². The molecule has 8 heteroatoms. The zero-order chi connectivity index (χ0) is 20.0. The van der Waals surface area contributed by atoms with Gasteiger partial charge in [0.1, 0.15) is 12.7 Å². The Kier molecular flexibility index (Phi) is 6.92. The molecule has 2 rings (SSSR count). The third-order valence-electron chi connectivity index (χ3n) is 4.67. The number of carbonyl (C=O) groups is 1. The van der Waals surface area contributed by atoms with Gasteiger partial charge in [-0.3, -0.25) is 19.6 Å². The number of ether oxygens (including phenoxy) is 1. The minimum atomic E-state index is -0.589. The Balaban J connectivity index is 2.05. The second-order valence-corrected chi connectivity index (χ2v) is 6.48. The fourth-order valence-electron chi connectivity index (χ4n) is 2.85. The molecule has 1 aromatic heterocycles. The summed E-state index contributed by atoms with van der Waals surface area (Å²) in [6, 6.07) is 8.14. The van der Waals surface area contributed by atoms with Crippen LogP contribution in [0.25, 0.3) is 0 Å². The summed E-state index contributed by atoms with van der Waals surface area (Å²) in [7, 11) is 1.30.